The van der Waals surface area contributed by atoms with Crippen LogP contribution in [0.3, 0.4) is 0 Å². The zero-order valence-corrected chi connectivity index (χ0v) is 11.2. The standard InChI is InChI=1S/C13H18N2O2S/c1-7(10-5-8-2-3-9(10)4-8)15-13-14-6-11(18-13)12(16)17/h6-10H,2-5H2,1H3,(H,14,15)(H,16,17). The number of anilines is 1. The number of hydrogen-bond acceptors (Lipinski definition) is 4. The number of aromatic carboxylic acids is 1. The molecule has 5 heteroatoms. The SMILES string of the molecule is CC(Nc1ncc(C(=O)O)s1)C1CC2CCC1C2. The number of nitrogens with one attached hydrogen (secondary N) is 1. The number of carboxylic acids is 1. The average Bonchev–Trinajstić information content (AvgIpc) is 3.03. The summed E-state index contributed by atoms with van der Waals surface area (Å²) in [6.07, 6.45) is 6.95. The van der Waals surface area contributed by atoms with Crippen molar-refractivity contribution in [3.63, 3.8) is 0 Å². The maximum atomic E-state index is 10.8. The fourth-order valence-corrected chi connectivity index (χ4v) is 4.40. The van der Waals surface area contributed by atoms with Crippen molar-refractivity contribution in [1.82, 2.24) is 4.98 Å². The van der Waals surface area contributed by atoms with Crippen molar-refractivity contribution >= 4 is 22.4 Å². The number of aromatic nitrogens is 1. The van der Waals surface area contributed by atoms with Crippen LogP contribution in [-0.2, 0) is 0 Å². The van der Waals surface area contributed by atoms with Crippen LogP contribution in [0.1, 0.15) is 42.3 Å². The molecule has 2 bridgehead atoms. The molecule has 2 fully saturated rings. The molecule has 98 valence electrons. The molecule has 0 saturated heterocycles. The van der Waals surface area contributed by atoms with Gasteiger partial charge < -0.3 is 10.4 Å². The summed E-state index contributed by atoms with van der Waals surface area (Å²) in [5.74, 6) is 1.65. The first-order valence-corrected chi connectivity index (χ1v) is 7.41. The average molecular weight is 266 g/mol. The molecule has 1 aromatic rings. The van der Waals surface area contributed by atoms with Crippen LogP contribution in [0, 0.1) is 17.8 Å². The lowest BCUT2D eigenvalue weighted by Gasteiger charge is -2.28. The highest BCUT2D eigenvalue weighted by Gasteiger charge is 2.41. The molecule has 4 unspecified atom stereocenters. The van der Waals surface area contributed by atoms with E-state index in [-0.39, 0.29) is 0 Å². The van der Waals surface area contributed by atoms with Gasteiger partial charge in [0.15, 0.2) is 5.13 Å². The summed E-state index contributed by atoms with van der Waals surface area (Å²) in [5.41, 5.74) is 0. The number of carbonyl (C=O) groups is 1. The van der Waals surface area contributed by atoms with Crippen molar-refractivity contribution in [2.24, 2.45) is 17.8 Å². The molecule has 0 aliphatic heterocycles. The Balaban J connectivity index is 1.63. The fourth-order valence-electron chi connectivity index (χ4n) is 3.65. The van der Waals surface area contributed by atoms with Crippen LogP contribution in [0.5, 0.6) is 0 Å². The highest BCUT2D eigenvalue weighted by Crippen LogP contribution is 2.49. The Bertz CT molecular complexity index is 460. The second-order valence-corrected chi connectivity index (χ2v) is 6.64. The quantitative estimate of drug-likeness (QED) is 0.879. The number of rotatable bonds is 4. The molecule has 18 heavy (non-hydrogen) atoms. The van der Waals surface area contributed by atoms with Crippen LogP contribution < -0.4 is 5.32 Å². The van der Waals surface area contributed by atoms with Gasteiger partial charge in [-0.15, -0.1) is 0 Å². The number of thiazole rings is 1. The molecular weight excluding hydrogens is 248 g/mol. The van der Waals surface area contributed by atoms with Gasteiger partial charge in [-0.25, -0.2) is 9.78 Å². The molecule has 4 nitrogen and oxygen atoms in total. The van der Waals surface area contributed by atoms with E-state index in [1.165, 1.54) is 43.2 Å². The summed E-state index contributed by atoms with van der Waals surface area (Å²) in [6, 6.07) is 0.396. The van der Waals surface area contributed by atoms with Gasteiger partial charge in [0.05, 0.1) is 6.20 Å². The van der Waals surface area contributed by atoms with Gasteiger partial charge >= 0.3 is 5.97 Å². The van der Waals surface area contributed by atoms with Crippen molar-refractivity contribution in [3.8, 4) is 0 Å². The third-order valence-electron chi connectivity index (χ3n) is 4.50. The van der Waals surface area contributed by atoms with Crippen molar-refractivity contribution in [2.45, 2.75) is 38.6 Å². The number of hydrogen-bond donors (Lipinski definition) is 2. The monoisotopic (exact) mass is 266 g/mol. The van der Waals surface area contributed by atoms with E-state index in [1.807, 2.05) is 0 Å². The van der Waals surface area contributed by atoms with Gasteiger partial charge in [-0.1, -0.05) is 17.8 Å². The van der Waals surface area contributed by atoms with E-state index in [4.69, 9.17) is 5.11 Å². The van der Waals surface area contributed by atoms with Gasteiger partial charge in [0.25, 0.3) is 0 Å². The molecule has 4 atom stereocenters. The predicted molar refractivity (Wildman–Crippen MR) is 71.1 cm³/mol. The lowest BCUT2D eigenvalue weighted by molar-refractivity contribution is 0.0702. The summed E-state index contributed by atoms with van der Waals surface area (Å²) in [4.78, 5) is 15.2. The highest BCUT2D eigenvalue weighted by molar-refractivity contribution is 7.17. The van der Waals surface area contributed by atoms with Crippen LogP contribution in [0.4, 0.5) is 5.13 Å². The fraction of sp³-hybridized carbons (Fsp3) is 0.692. The summed E-state index contributed by atoms with van der Waals surface area (Å²) < 4.78 is 0. The first-order valence-electron chi connectivity index (χ1n) is 6.59. The molecule has 3 rings (SSSR count). The van der Waals surface area contributed by atoms with Crippen molar-refractivity contribution in [3.05, 3.63) is 11.1 Å². The van der Waals surface area contributed by atoms with E-state index in [9.17, 15) is 4.79 Å². The molecule has 0 amide bonds. The molecule has 0 aromatic carbocycles. The van der Waals surface area contributed by atoms with Crippen molar-refractivity contribution in [2.75, 3.05) is 5.32 Å². The predicted octanol–water partition coefficient (Wildman–Crippen LogP) is 3.08. The van der Waals surface area contributed by atoms with Gasteiger partial charge in [0.2, 0.25) is 0 Å². The van der Waals surface area contributed by atoms with Crippen LogP contribution >= 0.6 is 11.3 Å². The van der Waals surface area contributed by atoms with Gasteiger partial charge in [-0.3, -0.25) is 0 Å². The molecule has 0 radical (unpaired) electrons. The maximum Gasteiger partial charge on any atom is 0.347 e. The molecule has 2 saturated carbocycles. The zero-order chi connectivity index (χ0) is 12.7. The van der Waals surface area contributed by atoms with E-state index in [1.54, 1.807) is 0 Å². The molecular formula is C13H18N2O2S. The van der Waals surface area contributed by atoms with Gasteiger partial charge in [0.1, 0.15) is 4.88 Å². The van der Waals surface area contributed by atoms with Gasteiger partial charge in [-0.2, -0.15) is 0 Å². The van der Waals surface area contributed by atoms with E-state index < -0.39 is 5.97 Å². The van der Waals surface area contributed by atoms with Crippen LogP contribution in [0.15, 0.2) is 6.20 Å². The van der Waals surface area contributed by atoms with E-state index >= 15 is 0 Å². The number of fused-ring (bicyclic) bond motifs is 2. The third-order valence-corrected chi connectivity index (χ3v) is 5.42. The number of nitrogens with zero attached hydrogens (tertiary/aromatic N) is 1. The molecule has 2 aliphatic carbocycles. The first kappa shape index (κ1) is 12.0. The summed E-state index contributed by atoms with van der Waals surface area (Å²) in [5, 5.41) is 13.0. The maximum absolute atomic E-state index is 10.8. The Morgan fingerprint density at radius 1 is 1.56 bits per heavy atom. The van der Waals surface area contributed by atoms with Crippen molar-refractivity contribution in [1.29, 1.82) is 0 Å². The Hall–Kier alpha value is -1.10. The lowest BCUT2D eigenvalue weighted by atomic mass is 9.84. The van der Waals surface area contributed by atoms with Gasteiger partial charge in [0, 0.05) is 6.04 Å². The minimum Gasteiger partial charge on any atom is -0.477 e. The normalized spacial score (nSPS) is 31.5. The van der Waals surface area contributed by atoms with E-state index in [0.717, 1.165) is 22.9 Å². The molecule has 2 N–H and O–H groups in total. The topological polar surface area (TPSA) is 62.2 Å². The van der Waals surface area contributed by atoms with Crippen molar-refractivity contribution < 1.29 is 9.90 Å². The summed E-state index contributed by atoms with van der Waals surface area (Å²) >= 11 is 1.23. The van der Waals surface area contributed by atoms with E-state index in [0.29, 0.717) is 10.9 Å². The molecule has 2 aliphatic rings. The van der Waals surface area contributed by atoms with E-state index in [2.05, 4.69) is 17.2 Å². The second-order valence-electron chi connectivity index (χ2n) is 5.61. The Morgan fingerprint density at radius 3 is 2.94 bits per heavy atom. The molecule has 0 spiro atoms. The minimum atomic E-state index is -0.895. The third kappa shape index (κ3) is 2.11. The number of carboxylic acid groups (broad SMARTS) is 1. The zero-order valence-electron chi connectivity index (χ0n) is 10.4. The Labute approximate surface area is 110 Å². The summed E-state index contributed by atoms with van der Waals surface area (Å²) in [7, 11) is 0. The van der Waals surface area contributed by atoms with Gasteiger partial charge in [-0.05, 0) is 43.9 Å². The Morgan fingerprint density at radius 2 is 2.39 bits per heavy atom. The lowest BCUT2D eigenvalue weighted by Crippen LogP contribution is -2.29. The van der Waals surface area contributed by atoms with Crippen LogP contribution in [0.25, 0.3) is 0 Å². The smallest absolute Gasteiger partial charge is 0.347 e. The minimum absolute atomic E-state index is 0.303. The largest absolute Gasteiger partial charge is 0.477 e. The summed E-state index contributed by atoms with van der Waals surface area (Å²) in [6.45, 7) is 2.20. The highest BCUT2D eigenvalue weighted by atomic mass is 32.1. The molecule has 1 aromatic heterocycles. The second kappa shape index (κ2) is 4.53. The first-order chi connectivity index (χ1) is 8.63. The van der Waals surface area contributed by atoms with Crippen LogP contribution in [0.2, 0.25) is 0 Å². The van der Waals surface area contributed by atoms with Crippen LogP contribution in [-0.4, -0.2) is 22.1 Å². The Kier molecular flexibility index (Phi) is 3.01. The molecule has 1 heterocycles.